The number of aromatic nitrogens is 2. The second kappa shape index (κ2) is 6.59. The highest BCUT2D eigenvalue weighted by molar-refractivity contribution is 5.36. The molecule has 1 fully saturated rings. The third-order valence-corrected chi connectivity index (χ3v) is 4.81. The van der Waals surface area contributed by atoms with Crippen molar-refractivity contribution < 1.29 is 18.3 Å². The Kier molecular flexibility index (Phi) is 4.67. The van der Waals surface area contributed by atoms with Gasteiger partial charge < -0.3 is 5.11 Å². The Hall–Kier alpha value is -1.82. The minimum atomic E-state index is -4.35. The molecule has 6 heteroatoms. The molecule has 1 atom stereocenters. The lowest BCUT2D eigenvalue weighted by molar-refractivity contribution is -0.137. The van der Waals surface area contributed by atoms with Crippen LogP contribution in [-0.4, -0.2) is 14.9 Å². The SMILES string of the molecule is Cc1nn(-c2ccc(C(F)(F)F)cc2)cc1C(O)C1CCCCC1. The van der Waals surface area contributed by atoms with Crippen molar-refractivity contribution in [2.45, 2.75) is 51.3 Å². The van der Waals surface area contributed by atoms with Crippen LogP contribution in [0.4, 0.5) is 13.2 Å². The van der Waals surface area contributed by atoms with Gasteiger partial charge in [0, 0.05) is 11.8 Å². The predicted octanol–water partition coefficient (Wildman–Crippen LogP) is 4.81. The molecule has 1 N–H and O–H groups in total. The van der Waals surface area contributed by atoms with Crippen LogP contribution in [-0.2, 0) is 6.18 Å². The van der Waals surface area contributed by atoms with Crippen LogP contribution in [0.15, 0.2) is 30.5 Å². The monoisotopic (exact) mass is 338 g/mol. The molecule has 0 radical (unpaired) electrons. The minimum Gasteiger partial charge on any atom is -0.388 e. The van der Waals surface area contributed by atoms with Gasteiger partial charge in [0.15, 0.2) is 0 Å². The lowest BCUT2D eigenvalue weighted by Crippen LogP contribution is -2.16. The van der Waals surface area contributed by atoms with Gasteiger partial charge in [0.2, 0.25) is 0 Å². The minimum absolute atomic E-state index is 0.239. The molecule has 0 aliphatic heterocycles. The maximum Gasteiger partial charge on any atom is 0.416 e. The molecule has 3 nitrogen and oxygen atoms in total. The number of hydrogen-bond acceptors (Lipinski definition) is 2. The van der Waals surface area contributed by atoms with E-state index in [9.17, 15) is 18.3 Å². The first kappa shape index (κ1) is 17.0. The van der Waals surface area contributed by atoms with Gasteiger partial charge in [-0.15, -0.1) is 0 Å². The molecule has 0 spiro atoms. The summed E-state index contributed by atoms with van der Waals surface area (Å²) in [4.78, 5) is 0. The van der Waals surface area contributed by atoms with Gasteiger partial charge in [-0.1, -0.05) is 19.3 Å². The summed E-state index contributed by atoms with van der Waals surface area (Å²) in [7, 11) is 0. The van der Waals surface area contributed by atoms with Crippen LogP contribution in [0.2, 0.25) is 0 Å². The van der Waals surface area contributed by atoms with Crippen molar-refractivity contribution in [3.8, 4) is 5.69 Å². The molecular formula is C18H21F3N2O. The van der Waals surface area contributed by atoms with Crippen molar-refractivity contribution in [1.29, 1.82) is 0 Å². The summed E-state index contributed by atoms with van der Waals surface area (Å²) in [6, 6.07) is 4.88. The Labute approximate surface area is 139 Å². The molecule has 1 aromatic heterocycles. The lowest BCUT2D eigenvalue weighted by Gasteiger charge is -2.26. The summed E-state index contributed by atoms with van der Waals surface area (Å²) in [5.41, 5.74) is 1.35. The van der Waals surface area contributed by atoms with E-state index in [1.165, 1.54) is 23.2 Å². The van der Waals surface area contributed by atoms with E-state index in [2.05, 4.69) is 5.10 Å². The second-order valence-electron chi connectivity index (χ2n) is 6.50. The molecule has 1 saturated carbocycles. The molecule has 1 heterocycles. The van der Waals surface area contributed by atoms with Crippen molar-refractivity contribution in [3.05, 3.63) is 47.3 Å². The Balaban J connectivity index is 1.83. The average Bonchev–Trinajstić information content (AvgIpc) is 2.96. The highest BCUT2D eigenvalue weighted by Gasteiger charge is 2.30. The normalized spacial score (nSPS) is 17.9. The van der Waals surface area contributed by atoms with Gasteiger partial charge in [-0.2, -0.15) is 18.3 Å². The smallest absolute Gasteiger partial charge is 0.388 e. The van der Waals surface area contributed by atoms with Crippen molar-refractivity contribution in [2.75, 3.05) is 0 Å². The summed E-state index contributed by atoms with van der Waals surface area (Å²) in [5, 5.41) is 15.0. The van der Waals surface area contributed by atoms with E-state index in [-0.39, 0.29) is 5.92 Å². The number of aliphatic hydroxyl groups excluding tert-OH is 1. The van der Waals surface area contributed by atoms with Gasteiger partial charge in [0.05, 0.1) is 23.0 Å². The van der Waals surface area contributed by atoms with Crippen LogP contribution in [0.3, 0.4) is 0 Å². The van der Waals surface area contributed by atoms with Crippen LogP contribution >= 0.6 is 0 Å². The molecule has 2 aromatic rings. The Morgan fingerprint density at radius 1 is 1.12 bits per heavy atom. The van der Waals surface area contributed by atoms with E-state index in [0.717, 1.165) is 43.4 Å². The van der Waals surface area contributed by atoms with Crippen molar-refractivity contribution in [1.82, 2.24) is 9.78 Å². The van der Waals surface area contributed by atoms with Gasteiger partial charge in [-0.25, -0.2) is 4.68 Å². The Morgan fingerprint density at radius 3 is 2.33 bits per heavy atom. The summed E-state index contributed by atoms with van der Waals surface area (Å²) in [5.74, 6) is 0.239. The number of aliphatic hydroxyl groups is 1. The van der Waals surface area contributed by atoms with E-state index < -0.39 is 17.8 Å². The molecule has 1 aromatic carbocycles. The van der Waals surface area contributed by atoms with Gasteiger partial charge in [0.1, 0.15) is 0 Å². The van der Waals surface area contributed by atoms with Crippen LogP contribution in [0.5, 0.6) is 0 Å². The summed E-state index contributed by atoms with van der Waals surface area (Å²) >= 11 is 0. The first-order chi connectivity index (χ1) is 11.4. The lowest BCUT2D eigenvalue weighted by atomic mass is 9.83. The topological polar surface area (TPSA) is 38.0 Å². The predicted molar refractivity (Wildman–Crippen MR) is 84.8 cm³/mol. The fourth-order valence-corrected chi connectivity index (χ4v) is 3.40. The zero-order valence-corrected chi connectivity index (χ0v) is 13.6. The molecule has 1 aliphatic rings. The highest BCUT2D eigenvalue weighted by atomic mass is 19.4. The van der Waals surface area contributed by atoms with Crippen molar-refractivity contribution in [3.63, 3.8) is 0 Å². The number of hydrogen-bond donors (Lipinski definition) is 1. The van der Waals surface area contributed by atoms with Gasteiger partial charge in [0.25, 0.3) is 0 Å². The summed E-state index contributed by atoms with van der Waals surface area (Å²) < 4.78 is 39.5. The molecule has 1 unspecified atom stereocenters. The zero-order valence-electron chi connectivity index (χ0n) is 13.6. The van der Waals surface area contributed by atoms with Crippen molar-refractivity contribution >= 4 is 0 Å². The largest absolute Gasteiger partial charge is 0.416 e. The van der Waals surface area contributed by atoms with Crippen LogP contribution < -0.4 is 0 Å². The Bertz CT molecular complexity index is 685. The zero-order chi connectivity index (χ0) is 17.3. The fourth-order valence-electron chi connectivity index (χ4n) is 3.40. The fraction of sp³-hybridized carbons (Fsp3) is 0.500. The molecule has 0 bridgehead atoms. The number of nitrogens with zero attached hydrogens (tertiary/aromatic N) is 2. The number of benzene rings is 1. The van der Waals surface area contributed by atoms with E-state index in [0.29, 0.717) is 11.4 Å². The average molecular weight is 338 g/mol. The third kappa shape index (κ3) is 3.48. The number of halogens is 3. The summed E-state index contributed by atoms with van der Waals surface area (Å²) in [6.07, 6.45) is 2.32. The standard InChI is InChI=1S/C18H21F3N2O/c1-12-16(17(24)13-5-3-2-4-6-13)11-23(22-12)15-9-7-14(8-10-15)18(19,20)21/h7-11,13,17,24H,2-6H2,1H3. The number of alkyl halides is 3. The van der Waals surface area contributed by atoms with E-state index in [1.807, 2.05) is 6.92 Å². The number of rotatable bonds is 3. The van der Waals surface area contributed by atoms with E-state index >= 15 is 0 Å². The molecule has 0 amide bonds. The van der Waals surface area contributed by atoms with Crippen molar-refractivity contribution in [2.24, 2.45) is 5.92 Å². The quantitative estimate of drug-likeness (QED) is 0.872. The second-order valence-corrected chi connectivity index (χ2v) is 6.50. The Morgan fingerprint density at radius 2 is 1.75 bits per heavy atom. The molecule has 1 aliphatic carbocycles. The summed E-state index contributed by atoms with van der Waals surface area (Å²) in [6.45, 7) is 1.82. The molecular weight excluding hydrogens is 317 g/mol. The number of aryl methyl sites for hydroxylation is 1. The molecule has 24 heavy (non-hydrogen) atoms. The van der Waals surface area contributed by atoms with E-state index in [4.69, 9.17) is 0 Å². The molecule has 3 rings (SSSR count). The van der Waals surface area contributed by atoms with Gasteiger partial charge >= 0.3 is 6.18 Å². The maximum atomic E-state index is 12.6. The van der Waals surface area contributed by atoms with Crippen LogP contribution in [0.1, 0.15) is 55.0 Å². The van der Waals surface area contributed by atoms with E-state index in [1.54, 1.807) is 6.20 Å². The molecule has 0 saturated heterocycles. The van der Waals surface area contributed by atoms with Gasteiger partial charge in [-0.3, -0.25) is 0 Å². The molecule has 130 valence electrons. The van der Waals surface area contributed by atoms with Gasteiger partial charge in [-0.05, 0) is 49.9 Å². The highest BCUT2D eigenvalue weighted by Crippen LogP contribution is 2.35. The third-order valence-electron chi connectivity index (χ3n) is 4.81. The van der Waals surface area contributed by atoms with Crippen LogP contribution in [0, 0.1) is 12.8 Å². The maximum absolute atomic E-state index is 12.6. The first-order valence-electron chi connectivity index (χ1n) is 8.28. The first-order valence-corrected chi connectivity index (χ1v) is 8.28. The van der Waals surface area contributed by atoms with Crippen LogP contribution in [0.25, 0.3) is 5.69 Å².